The van der Waals surface area contributed by atoms with Gasteiger partial charge in [-0.15, -0.1) is 0 Å². The number of benzene rings is 6. The Labute approximate surface area is 350 Å². The van der Waals surface area contributed by atoms with E-state index < -0.39 is 17.1 Å². The first-order chi connectivity index (χ1) is 26.8. The molecule has 0 aliphatic carbocycles. The molecule has 6 aromatic carbocycles. The molecule has 6 rings (SSSR count). The summed E-state index contributed by atoms with van der Waals surface area (Å²) < 4.78 is 2.61. The first-order valence-electron chi connectivity index (χ1n) is 16.0. The van der Waals surface area contributed by atoms with Crippen LogP contribution in [0.3, 0.4) is 0 Å². The van der Waals surface area contributed by atoms with Gasteiger partial charge < -0.3 is 5.11 Å². The molecule has 0 radical (unpaired) electrons. The summed E-state index contributed by atoms with van der Waals surface area (Å²) in [7, 11) is 0. The molecule has 14 heteroatoms. The lowest BCUT2D eigenvalue weighted by atomic mass is 9.98. The quantitative estimate of drug-likeness (QED) is 0.0494. The van der Waals surface area contributed by atoms with E-state index in [9.17, 15) is 28.8 Å². The number of aromatic carboxylic acids is 1. The van der Waals surface area contributed by atoms with Crippen LogP contribution in [0.4, 0.5) is 0 Å². The number of carbonyl (C=O) groups excluding carboxylic acids is 5. The topological polar surface area (TPSA) is 171 Å². The van der Waals surface area contributed by atoms with Crippen molar-refractivity contribution < 1.29 is 33.9 Å². The van der Waals surface area contributed by atoms with Gasteiger partial charge in [0.25, 0.3) is 5.24 Å². The highest BCUT2D eigenvalue weighted by atomic mass is 79.9. The molecular weight excluding hydrogens is 934 g/mol. The van der Waals surface area contributed by atoms with E-state index in [1.807, 2.05) is 0 Å². The molecule has 0 aromatic heterocycles. The highest BCUT2D eigenvalue weighted by molar-refractivity contribution is 9.11. The second-order valence-electron chi connectivity index (χ2n) is 11.2. The average molecular weight is 959 g/mol. The zero-order valence-electron chi connectivity index (χ0n) is 28.6. The zero-order chi connectivity index (χ0) is 40.8. The Morgan fingerprint density at radius 1 is 0.464 bits per heavy atom. The normalized spacial score (nSPS) is 9.93. The number of carboxylic acid groups (broad SMARTS) is 1. The third-order valence-electron chi connectivity index (χ3n) is 7.64. The second-order valence-corrected chi connectivity index (χ2v) is 14.3. The van der Waals surface area contributed by atoms with Crippen molar-refractivity contribution >= 4 is 93.9 Å². The number of halogens is 4. The van der Waals surface area contributed by atoms with Gasteiger partial charge in [0.1, 0.15) is 0 Å². The van der Waals surface area contributed by atoms with E-state index in [2.05, 4.69) is 57.8 Å². The Hall–Kier alpha value is -5.82. The average Bonchev–Trinajstić information content (AvgIpc) is 3.21. The van der Waals surface area contributed by atoms with Crippen LogP contribution in [0.15, 0.2) is 164 Å². The number of nitrogens with zero attached hydrogens (tertiary/aromatic N) is 3. The largest absolute Gasteiger partial charge is 0.478 e. The van der Waals surface area contributed by atoms with Gasteiger partial charge in [-0.25, -0.2) is 4.79 Å². The lowest BCUT2D eigenvalue weighted by Gasteiger charge is -2.05. The summed E-state index contributed by atoms with van der Waals surface area (Å²) in [4.78, 5) is 73.3. The van der Waals surface area contributed by atoms with Crippen LogP contribution in [0, 0.1) is 0 Å². The fourth-order valence-electron chi connectivity index (χ4n) is 4.95. The number of ketones is 3. The molecule has 0 spiro atoms. The molecule has 1 amide bonds. The van der Waals surface area contributed by atoms with Crippen molar-refractivity contribution in [3.63, 3.8) is 0 Å². The van der Waals surface area contributed by atoms with Crippen LogP contribution in [0.5, 0.6) is 0 Å². The summed E-state index contributed by atoms with van der Waals surface area (Å²) in [6, 6.07) is 39.5. The predicted molar refractivity (Wildman–Crippen MR) is 223 cm³/mol. The maximum Gasteiger partial charge on any atom is 0.336 e. The number of rotatable bonds is 9. The summed E-state index contributed by atoms with van der Waals surface area (Å²) in [5.74, 6) is -2.67. The summed E-state index contributed by atoms with van der Waals surface area (Å²) in [5, 5.41) is 11.4. The predicted octanol–water partition coefficient (Wildman–Crippen LogP) is 11.6. The van der Waals surface area contributed by atoms with E-state index in [1.165, 1.54) is 24.3 Å². The Balaban J connectivity index is 0.000000187. The van der Waals surface area contributed by atoms with Crippen molar-refractivity contribution in [2.45, 2.75) is 0 Å². The molecule has 0 fully saturated rings. The van der Waals surface area contributed by atoms with E-state index in [1.54, 1.807) is 121 Å². The first-order valence-corrected chi connectivity index (χ1v) is 18.8. The molecule has 0 heterocycles. The van der Waals surface area contributed by atoms with Crippen molar-refractivity contribution in [1.82, 2.24) is 0 Å². The summed E-state index contributed by atoms with van der Waals surface area (Å²) in [6.45, 7) is 0. The van der Waals surface area contributed by atoms with E-state index in [0.29, 0.717) is 22.3 Å². The van der Waals surface area contributed by atoms with Crippen LogP contribution in [0.25, 0.3) is 10.4 Å². The molecule has 0 aliphatic rings. The summed E-state index contributed by atoms with van der Waals surface area (Å²) in [5.41, 5.74) is 10.8. The minimum Gasteiger partial charge on any atom is -0.478 e. The Kier molecular flexibility index (Phi) is 15.9. The molecular formula is C42H25Br3ClN3O7. The Bertz CT molecular complexity index is 2380. The van der Waals surface area contributed by atoms with Gasteiger partial charge in [-0.05, 0) is 107 Å². The number of carbonyl (C=O) groups is 6. The minimum atomic E-state index is -1.10. The van der Waals surface area contributed by atoms with Crippen molar-refractivity contribution in [2.75, 3.05) is 0 Å². The number of amides is 1. The highest BCUT2D eigenvalue weighted by Gasteiger charge is 2.19. The third kappa shape index (κ3) is 11.6. The Morgan fingerprint density at radius 2 is 0.750 bits per heavy atom. The van der Waals surface area contributed by atoms with Crippen molar-refractivity contribution in [1.29, 1.82) is 0 Å². The van der Waals surface area contributed by atoms with Crippen LogP contribution in [-0.2, 0) is 0 Å². The van der Waals surface area contributed by atoms with Gasteiger partial charge in [0.2, 0.25) is 5.91 Å². The standard InChI is InChI=1S/C14H8BrClO2.C14H8BrN3O2.C14H9BrO3/c15-10-7-5-9(6-8-10)13(17)11-3-1-2-4-12(11)14(16)18;15-10-7-5-9(6-8-10)13(19)11-3-1-2-4-12(11)14(20)17-18-16;15-10-7-5-9(6-8-10)13(16)11-3-1-2-4-12(11)14(17)18/h1-8H;1-8H;1-8H,(H,17,18). The van der Waals surface area contributed by atoms with Crippen molar-refractivity contribution in [2.24, 2.45) is 5.11 Å². The van der Waals surface area contributed by atoms with Crippen LogP contribution in [-0.4, -0.2) is 39.6 Å². The van der Waals surface area contributed by atoms with E-state index >= 15 is 0 Å². The van der Waals surface area contributed by atoms with Gasteiger partial charge in [-0.1, -0.05) is 108 Å². The highest BCUT2D eigenvalue weighted by Crippen LogP contribution is 2.21. The number of azide groups is 1. The summed E-state index contributed by atoms with van der Waals surface area (Å²) >= 11 is 15.3. The molecule has 10 nitrogen and oxygen atoms in total. The van der Waals surface area contributed by atoms with Crippen LogP contribution >= 0.6 is 59.4 Å². The van der Waals surface area contributed by atoms with Gasteiger partial charge in [0, 0.05) is 62.8 Å². The SMILES string of the molecule is O=C(Cl)c1ccccc1C(=O)c1ccc(Br)cc1.O=C(O)c1ccccc1C(=O)c1ccc(Br)cc1.[N-]=[N+]=NC(=O)c1ccccc1C(=O)c1ccc(Br)cc1. The smallest absolute Gasteiger partial charge is 0.336 e. The van der Waals surface area contributed by atoms with Gasteiger partial charge in [-0.2, -0.15) is 0 Å². The molecule has 0 saturated heterocycles. The Morgan fingerprint density at radius 3 is 1.07 bits per heavy atom. The molecule has 0 aliphatic heterocycles. The van der Waals surface area contributed by atoms with Gasteiger partial charge in [0.05, 0.1) is 5.56 Å². The molecule has 278 valence electrons. The van der Waals surface area contributed by atoms with Crippen LogP contribution in [0.2, 0.25) is 0 Å². The zero-order valence-corrected chi connectivity index (χ0v) is 34.1. The van der Waals surface area contributed by atoms with Crippen molar-refractivity contribution in [3.8, 4) is 0 Å². The second kappa shape index (κ2) is 20.7. The number of hydrogen-bond acceptors (Lipinski definition) is 6. The van der Waals surface area contributed by atoms with Gasteiger partial charge >= 0.3 is 5.97 Å². The lowest BCUT2D eigenvalue weighted by molar-refractivity contribution is 0.0692. The first kappa shape index (κ1) is 42.9. The fraction of sp³-hybridized carbons (Fsp3) is 0. The molecule has 1 N–H and O–H groups in total. The van der Waals surface area contributed by atoms with E-state index in [4.69, 9.17) is 22.2 Å². The van der Waals surface area contributed by atoms with Gasteiger partial charge in [0.15, 0.2) is 17.3 Å². The molecule has 0 unspecified atom stereocenters. The minimum absolute atomic E-state index is 0.0189. The number of hydrogen-bond donors (Lipinski definition) is 1. The molecule has 0 atom stereocenters. The van der Waals surface area contributed by atoms with Gasteiger partial charge in [-0.3, -0.25) is 24.0 Å². The molecule has 6 aromatic rings. The van der Waals surface area contributed by atoms with Crippen molar-refractivity contribution in [3.05, 3.63) is 220 Å². The number of carboxylic acids is 1. The molecule has 56 heavy (non-hydrogen) atoms. The fourth-order valence-corrected chi connectivity index (χ4v) is 5.91. The maximum absolute atomic E-state index is 12.4. The lowest BCUT2D eigenvalue weighted by Crippen LogP contribution is -2.09. The monoisotopic (exact) mass is 955 g/mol. The molecule has 0 saturated carbocycles. The van der Waals surface area contributed by atoms with Crippen LogP contribution in [0.1, 0.15) is 78.8 Å². The maximum atomic E-state index is 12.4. The molecule has 0 bridgehead atoms. The summed E-state index contributed by atoms with van der Waals surface area (Å²) in [6.07, 6.45) is 0. The van der Waals surface area contributed by atoms with E-state index in [-0.39, 0.29) is 45.2 Å². The van der Waals surface area contributed by atoms with E-state index in [0.717, 1.165) is 13.4 Å². The third-order valence-corrected chi connectivity index (χ3v) is 9.43. The van der Waals surface area contributed by atoms with Crippen LogP contribution < -0.4 is 0 Å².